The molecule has 3 rings (SSSR count). The average molecular weight is 369 g/mol. The van der Waals surface area contributed by atoms with Crippen LogP contribution in [0.1, 0.15) is 22.7 Å². The molecule has 3 aromatic rings. The van der Waals surface area contributed by atoms with Crippen LogP contribution in [0, 0.1) is 12.7 Å². The van der Waals surface area contributed by atoms with Crippen molar-refractivity contribution in [1.29, 1.82) is 0 Å². The molecule has 26 heavy (non-hydrogen) atoms. The zero-order chi connectivity index (χ0) is 18.6. The zero-order valence-corrected chi connectivity index (χ0v) is 15.2. The van der Waals surface area contributed by atoms with E-state index in [4.69, 9.17) is 0 Å². The highest BCUT2D eigenvalue weighted by molar-refractivity contribution is 7.89. The Morgan fingerprint density at radius 2 is 1.50 bits per heavy atom. The van der Waals surface area contributed by atoms with Crippen molar-refractivity contribution in [3.8, 4) is 0 Å². The minimum Gasteiger partial charge on any atom is -0.207 e. The topological polar surface area (TPSA) is 46.2 Å². The van der Waals surface area contributed by atoms with Crippen molar-refractivity contribution in [3.05, 3.63) is 101 Å². The standard InChI is InChI=1S/C21H20FNO2S/c1-16-7-13-20(14-8-16)26(24,25)23-21(15-17-5-3-2-4-6-17)18-9-11-19(22)12-10-18/h2-14,21,23H,15H2,1H3. The molecule has 0 radical (unpaired) electrons. The number of sulfonamides is 1. The van der Waals surface area contributed by atoms with E-state index in [9.17, 15) is 12.8 Å². The Labute approximate surface area is 153 Å². The first-order valence-electron chi connectivity index (χ1n) is 8.32. The number of nitrogens with one attached hydrogen (secondary N) is 1. The Kier molecular flexibility index (Phi) is 5.49. The molecule has 3 aromatic carbocycles. The molecule has 0 heterocycles. The fourth-order valence-corrected chi connectivity index (χ4v) is 3.97. The SMILES string of the molecule is Cc1ccc(S(=O)(=O)NC(Cc2ccccc2)c2ccc(F)cc2)cc1. The molecule has 0 fully saturated rings. The predicted molar refractivity (Wildman–Crippen MR) is 101 cm³/mol. The van der Waals surface area contributed by atoms with E-state index in [-0.39, 0.29) is 10.7 Å². The molecule has 0 aliphatic rings. The first kappa shape index (κ1) is 18.3. The summed E-state index contributed by atoms with van der Waals surface area (Å²) in [4.78, 5) is 0.211. The minimum atomic E-state index is -3.70. The average Bonchev–Trinajstić information content (AvgIpc) is 2.63. The molecule has 1 unspecified atom stereocenters. The van der Waals surface area contributed by atoms with Crippen LogP contribution in [0.4, 0.5) is 4.39 Å². The van der Waals surface area contributed by atoms with Crippen molar-refractivity contribution in [2.45, 2.75) is 24.3 Å². The zero-order valence-electron chi connectivity index (χ0n) is 14.4. The van der Waals surface area contributed by atoms with Crippen molar-refractivity contribution in [2.75, 3.05) is 0 Å². The first-order chi connectivity index (χ1) is 12.4. The molecular weight excluding hydrogens is 349 g/mol. The van der Waals surface area contributed by atoms with E-state index in [2.05, 4.69) is 4.72 Å². The van der Waals surface area contributed by atoms with Gasteiger partial charge in [0.2, 0.25) is 10.0 Å². The second-order valence-corrected chi connectivity index (χ2v) is 7.94. The molecule has 0 aromatic heterocycles. The molecule has 1 N–H and O–H groups in total. The number of hydrogen-bond donors (Lipinski definition) is 1. The van der Waals surface area contributed by atoms with Gasteiger partial charge in [-0.2, -0.15) is 0 Å². The van der Waals surface area contributed by atoms with E-state index in [1.165, 1.54) is 12.1 Å². The van der Waals surface area contributed by atoms with Crippen LogP contribution < -0.4 is 4.72 Å². The van der Waals surface area contributed by atoms with E-state index in [0.717, 1.165) is 11.1 Å². The van der Waals surface area contributed by atoms with E-state index in [1.54, 1.807) is 36.4 Å². The molecule has 1 atom stereocenters. The van der Waals surface area contributed by atoms with Gasteiger partial charge in [0, 0.05) is 0 Å². The Morgan fingerprint density at radius 3 is 2.12 bits per heavy atom. The summed E-state index contributed by atoms with van der Waals surface area (Å²) in [5, 5.41) is 0. The van der Waals surface area contributed by atoms with Gasteiger partial charge in [-0.3, -0.25) is 0 Å². The summed E-state index contributed by atoms with van der Waals surface area (Å²) in [5.74, 6) is -0.353. The minimum absolute atomic E-state index is 0.211. The van der Waals surface area contributed by atoms with Gasteiger partial charge in [-0.25, -0.2) is 17.5 Å². The van der Waals surface area contributed by atoms with Crippen molar-refractivity contribution < 1.29 is 12.8 Å². The van der Waals surface area contributed by atoms with Crippen LogP contribution in [-0.4, -0.2) is 8.42 Å². The lowest BCUT2D eigenvalue weighted by molar-refractivity contribution is 0.554. The van der Waals surface area contributed by atoms with Gasteiger partial charge in [0.1, 0.15) is 5.82 Å². The van der Waals surface area contributed by atoms with E-state index >= 15 is 0 Å². The van der Waals surface area contributed by atoms with Crippen LogP contribution in [0.5, 0.6) is 0 Å². The Morgan fingerprint density at radius 1 is 0.885 bits per heavy atom. The second kappa shape index (κ2) is 7.81. The molecule has 0 saturated carbocycles. The Bertz CT molecular complexity index is 953. The van der Waals surface area contributed by atoms with Crippen LogP contribution >= 0.6 is 0 Å². The third-order valence-corrected chi connectivity index (χ3v) is 5.67. The lowest BCUT2D eigenvalue weighted by atomic mass is 10.00. The summed E-state index contributed by atoms with van der Waals surface area (Å²) < 4.78 is 41.6. The summed E-state index contributed by atoms with van der Waals surface area (Å²) in [6, 6.07) is 21.7. The summed E-state index contributed by atoms with van der Waals surface area (Å²) in [6.07, 6.45) is 0.470. The quantitative estimate of drug-likeness (QED) is 0.700. The molecule has 0 aliphatic heterocycles. The summed E-state index contributed by atoms with van der Waals surface area (Å²) in [7, 11) is -3.70. The third kappa shape index (κ3) is 4.56. The van der Waals surface area contributed by atoms with Crippen LogP contribution in [0.25, 0.3) is 0 Å². The first-order valence-corrected chi connectivity index (χ1v) is 9.81. The number of aryl methyl sites for hydroxylation is 1. The molecule has 0 spiro atoms. The van der Waals surface area contributed by atoms with Crippen LogP contribution in [0.3, 0.4) is 0 Å². The van der Waals surface area contributed by atoms with Crippen molar-refractivity contribution in [3.63, 3.8) is 0 Å². The summed E-state index contributed by atoms with van der Waals surface area (Å²) in [6.45, 7) is 1.90. The second-order valence-electron chi connectivity index (χ2n) is 6.23. The number of halogens is 1. The van der Waals surface area contributed by atoms with Gasteiger partial charge in [-0.1, -0.05) is 60.2 Å². The Hall–Kier alpha value is -2.50. The number of hydrogen-bond acceptors (Lipinski definition) is 2. The van der Waals surface area contributed by atoms with E-state index in [0.29, 0.717) is 12.0 Å². The molecule has 0 bridgehead atoms. The predicted octanol–water partition coefficient (Wildman–Crippen LogP) is 4.40. The molecule has 134 valence electrons. The van der Waals surface area contributed by atoms with E-state index in [1.807, 2.05) is 37.3 Å². The molecular formula is C21H20FNO2S. The van der Waals surface area contributed by atoms with Gasteiger partial charge in [0.25, 0.3) is 0 Å². The molecule has 3 nitrogen and oxygen atoms in total. The van der Waals surface area contributed by atoms with Crippen molar-refractivity contribution >= 4 is 10.0 Å². The highest BCUT2D eigenvalue weighted by atomic mass is 32.2. The van der Waals surface area contributed by atoms with Crippen LogP contribution in [0.2, 0.25) is 0 Å². The Balaban J connectivity index is 1.92. The highest BCUT2D eigenvalue weighted by Gasteiger charge is 2.22. The van der Waals surface area contributed by atoms with Gasteiger partial charge in [-0.05, 0) is 48.7 Å². The van der Waals surface area contributed by atoms with Gasteiger partial charge in [0.15, 0.2) is 0 Å². The maximum absolute atomic E-state index is 13.3. The maximum atomic E-state index is 13.3. The van der Waals surface area contributed by atoms with Gasteiger partial charge >= 0.3 is 0 Å². The monoisotopic (exact) mass is 369 g/mol. The summed E-state index contributed by atoms with van der Waals surface area (Å²) >= 11 is 0. The van der Waals surface area contributed by atoms with Crippen molar-refractivity contribution in [1.82, 2.24) is 4.72 Å². The smallest absolute Gasteiger partial charge is 0.207 e. The number of benzene rings is 3. The molecule has 0 amide bonds. The van der Waals surface area contributed by atoms with Gasteiger partial charge in [0.05, 0.1) is 10.9 Å². The molecule has 5 heteroatoms. The summed E-state index contributed by atoms with van der Waals surface area (Å²) in [5.41, 5.74) is 2.70. The largest absolute Gasteiger partial charge is 0.241 e. The van der Waals surface area contributed by atoms with Crippen LogP contribution in [0.15, 0.2) is 83.8 Å². The van der Waals surface area contributed by atoms with Gasteiger partial charge in [-0.15, -0.1) is 0 Å². The fraction of sp³-hybridized carbons (Fsp3) is 0.143. The van der Waals surface area contributed by atoms with Crippen molar-refractivity contribution in [2.24, 2.45) is 0 Å². The van der Waals surface area contributed by atoms with Crippen LogP contribution in [-0.2, 0) is 16.4 Å². The maximum Gasteiger partial charge on any atom is 0.241 e. The van der Waals surface area contributed by atoms with E-state index < -0.39 is 16.1 Å². The fourth-order valence-electron chi connectivity index (χ4n) is 2.75. The third-order valence-electron chi connectivity index (χ3n) is 4.18. The molecule has 0 aliphatic carbocycles. The number of rotatable bonds is 6. The van der Waals surface area contributed by atoms with Gasteiger partial charge < -0.3 is 0 Å². The lowest BCUT2D eigenvalue weighted by Gasteiger charge is -2.20. The molecule has 0 saturated heterocycles. The normalized spacial score (nSPS) is 12.7. The highest BCUT2D eigenvalue weighted by Crippen LogP contribution is 2.22. The lowest BCUT2D eigenvalue weighted by Crippen LogP contribution is -2.30.